The average molecular weight is 302 g/mol. The molecule has 0 aliphatic heterocycles. The minimum absolute atomic E-state index is 0.539. The van der Waals surface area contributed by atoms with Crippen molar-refractivity contribution in [1.82, 2.24) is 0 Å². The number of allylic oxidation sites excluding steroid dienone is 2. The van der Waals surface area contributed by atoms with Crippen LogP contribution >= 0.6 is 0 Å². The molecule has 1 aromatic carbocycles. The molecule has 0 radical (unpaired) electrons. The van der Waals surface area contributed by atoms with Crippen molar-refractivity contribution in [2.45, 2.75) is 12.2 Å². The van der Waals surface area contributed by atoms with Gasteiger partial charge in [-0.1, -0.05) is 42.5 Å². The van der Waals surface area contributed by atoms with Gasteiger partial charge in [-0.2, -0.15) is 0 Å². The molecule has 0 bridgehead atoms. The molecule has 0 amide bonds. The second-order valence-corrected chi connectivity index (χ2v) is 4.90. The van der Waals surface area contributed by atoms with Crippen molar-refractivity contribution in [3.63, 3.8) is 0 Å². The molecule has 0 saturated heterocycles. The van der Waals surface area contributed by atoms with Crippen LogP contribution in [0.1, 0.15) is 12.0 Å². The van der Waals surface area contributed by atoms with Crippen LogP contribution in [0.5, 0.6) is 0 Å². The zero-order valence-corrected chi connectivity index (χ0v) is 13.5. The van der Waals surface area contributed by atoms with Crippen molar-refractivity contribution in [1.29, 1.82) is 0 Å². The summed E-state index contributed by atoms with van der Waals surface area (Å²) < 4.78 is 22.0. The number of hydrogen-bond acceptors (Lipinski definition) is 4. The quantitative estimate of drug-likeness (QED) is 0.753. The Morgan fingerprint density at radius 1 is 0.909 bits per heavy atom. The van der Waals surface area contributed by atoms with Crippen LogP contribution in [0.2, 0.25) is 0 Å². The number of hydrogen-bond donors (Lipinski definition) is 0. The van der Waals surface area contributed by atoms with Gasteiger partial charge in [-0.3, -0.25) is 0 Å². The molecule has 1 aliphatic carbocycles. The fourth-order valence-electron chi connectivity index (χ4n) is 2.52. The van der Waals surface area contributed by atoms with Crippen molar-refractivity contribution in [2.24, 2.45) is 0 Å². The van der Waals surface area contributed by atoms with Crippen molar-refractivity contribution in [3.05, 3.63) is 65.1 Å². The summed E-state index contributed by atoms with van der Waals surface area (Å²) in [7, 11) is 6.38. The average Bonchev–Trinajstić information content (AvgIpc) is 2.59. The zero-order valence-electron chi connectivity index (χ0n) is 13.5. The summed E-state index contributed by atoms with van der Waals surface area (Å²) in [5, 5.41) is 0. The lowest BCUT2D eigenvalue weighted by Gasteiger charge is -2.35. The van der Waals surface area contributed by atoms with Crippen molar-refractivity contribution >= 4 is 6.08 Å². The van der Waals surface area contributed by atoms with Crippen LogP contribution in [0.3, 0.4) is 0 Å². The minimum atomic E-state index is -0.967. The molecule has 118 valence electrons. The normalized spacial score (nSPS) is 17.5. The largest absolute Gasteiger partial charge is 0.493 e. The highest BCUT2D eigenvalue weighted by Crippen LogP contribution is 2.37. The molecule has 0 unspecified atom stereocenters. The Morgan fingerprint density at radius 3 is 2.14 bits per heavy atom. The summed E-state index contributed by atoms with van der Waals surface area (Å²) in [6.07, 6.45) is 6.56. The molecule has 0 heterocycles. The van der Waals surface area contributed by atoms with Crippen molar-refractivity contribution in [2.75, 3.05) is 28.4 Å². The number of benzene rings is 1. The smallest absolute Gasteiger partial charge is 0.235 e. The van der Waals surface area contributed by atoms with Crippen LogP contribution in [-0.2, 0) is 18.9 Å². The third kappa shape index (κ3) is 3.24. The standard InChI is InChI=1S/C18H22O4/c1-19-16-12-15(11-10-14-8-6-5-7-9-14)13-18(21-3,22-4)17(16)20-2/h5-12H,13H2,1-4H3/b11-10+. The van der Waals surface area contributed by atoms with E-state index < -0.39 is 5.79 Å². The topological polar surface area (TPSA) is 36.9 Å². The van der Waals surface area contributed by atoms with Gasteiger partial charge in [-0.05, 0) is 17.2 Å². The summed E-state index contributed by atoms with van der Waals surface area (Å²) >= 11 is 0. The minimum Gasteiger partial charge on any atom is -0.493 e. The van der Waals surface area contributed by atoms with E-state index in [1.165, 1.54) is 0 Å². The van der Waals surface area contributed by atoms with E-state index in [4.69, 9.17) is 18.9 Å². The number of rotatable bonds is 6. The Bertz CT molecular complexity index is 580. The van der Waals surface area contributed by atoms with E-state index in [0.717, 1.165) is 11.1 Å². The van der Waals surface area contributed by atoms with Crippen LogP contribution < -0.4 is 0 Å². The molecule has 0 fully saturated rings. The first-order chi connectivity index (χ1) is 10.7. The number of ether oxygens (including phenoxy) is 4. The summed E-state index contributed by atoms with van der Waals surface area (Å²) in [6.45, 7) is 0. The highest BCUT2D eigenvalue weighted by molar-refractivity contribution is 5.54. The lowest BCUT2D eigenvalue weighted by molar-refractivity contribution is -0.202. The van der Waals surface area contributed by atoms with E-state index in [-0.39, 0.29) is 0 Å². The molecular formula is C18H22O4. The van der Waals surface area contributed by atoms with Gasteiger partial charge in [0.15, 0.2) is 11.5 Å². The Labute approximate surface area is 131 Å². The lowest BCUT2D eigenvalue weighted by Crippen LogP contribution is -2.40. The van der Waals surface area contributed by atoms with Gasteiger partial charge in [0.05, 0.1) is 14.2 Å². The first-order valence-corrected chi connectivity index (χ1v) is 7.06. The Balaban J connectivity index is 2.35. The van der Waals surface area contributed by atoms with Gasteiger partial charge in [0.25, 0.3) is 0 Å². The Morgan fingerprint density at radius 2 is 1.59 bits per heavy atom. The predicted molar refractivity (Wildman–Crippen MR) is 86.0 cm³/mol. The van der Waals surface area contributed by atoms with E-state index >= 15 is 0 Å². The molecule has 4 nitrogen and oxygen atoms in total. The van der Waals surface area contributed by atoms with Gasteiger partial charge < -0.3 is 18.9 Å². The van der Waals surface area contributed by atoms with Gasteiger partial charge in [-0.15, -0.1) is 0 Å². The molecule has 22 heavy (non-hydrogen) atoms. The van der Waals surface area contributed by atoms with Gasteiger partial charge in [0, 0.05) is 20.6 Å². The molecule has 0 saturated carbocycles. The molecule has 0 atom stereocenters. The lowest BCUT2D eigenvalue weighted by atomic mass is 9.95. The van der Waals surface area contributed by atoms with Crippen molar-refractivity contribution in [3.8, 4) is 0 Å². The molecule has 1 aliphatic rings. The maximum absolute atomic E-state index is 5.59. The van der Waals surface area contributed by atoms with E-state index in [0.29, 0.717) is 17.9 Å². The van der Waals surface area contributed by atoms with Gasteiger partial charge in [0.1, 0.15) is 0 Å². The highest BCUT2D eigenvalue weighted by Gasteiger charge is 2.42. The second-order valence-electron chi connectivity index (χ2n) is 4.90. The molecular weight excluding hydrogens is 280 g/mol. The highest BCUT2D eigenvalue weighted by atomic mass is 16.7. The van der Waals surface area contributed by atoms with Crippen LogP contribution in [0.15, 0.2) is 59.6 Å². The Kier molecular flexibility index (Phi) is 5.41. The summed E-state index contributed by atoms with van der Waals surface area (Å²) in [6, 6.07) is 10.1. The van der Waals surface area contributed by atoms with Gasteiger partial charge in [-0.25, -0.2) is 0 Å². The van der Waals surface area contributed by atoms with Crippen LogP contribution in [-0.4, -0.2) is 34.2 Å². The monoisotopic (exact) mass is 302 g/mol. The first kappa shape index (κ1) is 16.3. The number of methoxy groups -OCH3 is 4. The second kappa shape index (κ2) is 7.29. The van der Waals surface area contributed by atoms with Gasteiger partial charge >= 0.3 is 0 Å². The summed E-state index contributed by atoms with van der Waals surface area (Å²) in [5.41, 5.74) is 2.16. The van der Waals surface area contributed by atoms with Crippen molar-refractivity contribution < 1.29 is 18.9 Å². The fraction of sp³-hybridized carbons (Fsp3) is 0.333. The summed E-state index contributed by atoms with van der Waals surface area (Å²) in [5.74, 6) is 0.174. The maximum Gasteiger partial charge on any atom is 0.235 e. The first-order valence-electron chi connectivity index (χ1n) is 7.06. The van der Waals surface area contributed by atoms with Crippen LogP contribution in [0.4, 0.5) is 0 Å². The van der Waals surface area contributed by atoms with Crippen LogP contribution in [0, 0.1) is 0 Å². The van der Waals surface area contributed by atoms with Crippen LogP contribution in [0.25, 0.3) is 6.08 Å². The third-order valence-electron chi connectivity index (χ3n) is 3.70. The molecule has 0 aromatic heterocycles. The van der Waals surface area contributed by atoms with E-state index in [2.05, 4.69) is 0 Å². The SMILES string of the molecule is COC1=C(OC)C(OC)(OC)CC(/C=C/c2ccccc2)=C1. The van der Waals surface area contributed by atoms with E-state index in [1.807, 2.05) is 48.6 Å². The zero-order chi connectivity index (χ0) is 16.0. The Hall–Kier alpha value is -2.04. The van der Waals surface area contributed by atoms with E-state index in [1.54, 1.807) is 28.4 Å². The predicted octanol–water partition coefficient (Wildman–Crippen LogP) is 3.52. The molecule has 2 rings (SSSR count). The molecule has 0 N–H and O–H groups in total. The van der Waals surface area contributed by atoms with Gasteiger partial charge in [0.2, 0.25) is 5.79 Å². The molecule has 1 aromatic rings. The maximum atomic E-state index is 5.59. The van der Waals surface area contributed by atoms with E-state index in [9.17, 15) is 0 Å². The molecule has 4 heteroatoms. The third-order valence-corrected chi connectivity index (χ3v) is 3.70. The molecule has 0 spiro atoms. The summed E-state index contributed by atoms with van der Waals surface area (Å²) in [4.78, 5) is 0. The fourth-order valence-corrected chi connectivity index (χ4v) is 2.52.